The fourth-order valence-electron chi connectivity index (χ4n) is 7.60. The third kappa shape index (κ3) is 11.4. The monoisotopic (exact) mass is 891 g/mol. The first kappa shape index (κ1) is 48.1. The molecule has 1 aliphatic carbocycles. The van der Waals surface area contributed by atoms with Crippen LogP contribution >= 0.6 is 0 Å². The molecule has 4 atom stereocenters. The second kappa shape index (κ2) is 18.8. The highest BCUT2D eigenvalue weighted by atomic mass is 19.4. The number of nitrogens with one attached hydrogen (secondary N) is 1. The highest BCUT2D eigenvalue weighted by Crippen LogP contribution is 2.59. The van der Waals surface area contributed by atoms with E-state index in [1.54, 1.807) is 33.3 Å². The van der Waals surface area contributed by atoms with Crippen molar-refractivity contribution in [2.75, 3.05) is 19.3 Å². The Kier molecular flexibility index (Phi) is 14.4. The lowest BCUT2D eigenvalue weighted by Crippen LogP contribution is -2.56. The van der Waals surface area contributed by atoms with Crippen molar-refractivity contribution in [1.29, 1.82) is 0 Å². The normalized spacial score (nSPS) is 20.2. The lowest BCUT2D eigenvalue weighted by Gasteiger charge is -2.30. The molecule has 4 unspecified atom stereocenters. The van der Waals surface area contributed by atoms with E-state index in [1.807, 2.05) is 30.3 Å². The van der Waals surface area contributed by atoms with Crippen molar-refractivity contribution in [2.24, 2.45) is 21.6 Å². The van der Waals surface area contributed by atoms with Gasteiger partial charge >= 0.3 is 18.9 Å². The summed E-state index contributed by atoms with van der Waals surface area (Å²) in [5.41, 5.74) is 9.63. The molecule has 3 heterocycles. The first-order valence-electron chi connectivity index (χ1n) is 20.1. The van der Waals surface area contributed by atoms with E-state index in [0.29, 0.717) is 36.7 Å². The standard InChI is InChI=1S/C43H50F8N10O2/c1-7-25(2)14-30(15-26(3)42(46,47)48)34-18-36(43(49,50)51)58-59(34)24-40(4,5)57-38(62)35(16-27(20-52)21-56-39(44)45)60-13-12-41(61(60)63)19-33(41)29-10-8-28(9-11-29)31-17-32(22-54-6)37(53)55-23-31/h8-11,14-15,17-18,20-23,25,33,35,39H,7,12-13,16,19,24H2,1-6H3,(H4-,52,53,54,55,56,57,62)/p+1/b26-15+,30-14+. The summed E-state index contributed by atoms with van der Waals surface area (Å²) in [4.78, 5) is 40.8. The summed E-state index contributed by atoms with van der Waals surface area (Å²) in [5.74, 6) is -1.05. The minimum Gasteiger partial charge on any atom is -0.404 e. The van der Waals surface area contributed by atoms with Crippen LogP contribution in [0.15, 0.2) is 82.1 Å². The predicted molar refractivity (Wildman–Crippen MR) is 225 cm³/mol. The number of allylic oxidation sites excluding steroid dienone is 4. The maximum atomic E-state index is 14.4. The van der Waals surface area contributed by atoms with Gasteiger partial charge in [-0.3, -0.25) is 14.5 Å². The molecule has 20 heteroatoms. The number of amides is 1. The molecule has 1 aliphatic heterocycles. The maximum Gasteiger partial charge on any atom is 0.435 e. The first-order chi connectivity index (χ1) is 29.4. The Bertz CT molecular complexity index is 2310. The number of hydrogen-bond donors (Lipinski definition) is 3. The van der Waals surface area contributed by atoms with E-state index < -0.39 is 59.7 Å². The third-order valence-corrected chi connectivity index (χ3v) is 11.3. The van der Waals surface area contributed by atoms with E-state index in [4.69, 9.17) is 11.5 Å². The van der Waals surface area contributed by atoms with Crippen LogP contribution in [-0.2, 0) is 17.5 Å². The molecule has 5 rings (SSSR count). The van der Waals surface area contributed by atoms with E-state index in [1.165, 1.54) is 24.9 Å². The SMILES string of the molecule is CCC(C)/C=C(\C=C(/C)C(F)(F)F)c1cc(C(F)(F)F)nn1CC(C)(C)NC(=O)C(CC(=C/N)/C=N/C(F)F)N1CCC2(CC2c2ccc(-c3cnc(N)c(C=NC)c3)cc2)[N+]1=O. The van der Waals surface area contributed by atoms with Gasteiger partial charge in [-0.05, 0) is 73.4 Å². The van der Waals surface area contributed by atoms with E-state index in [9.17, 15) is 44.8 Å². The number of hydrogen-bond acceptors (Lipinski definition) is 8. The topological polar surface area (TPSA) is 160 Å². The van der Waals surface area contributed by atoms with Gasteiger partial charge in [0.2, 0.25) is 5.91 Å². The Labute approximate surface area is 359 Å². The van der Waals surface area contributed by atoms with Gasteiger partial charge in [0.15, 0.2) is 11.7 Å². The number of aromatic nitrogens is 3. The number of nitrogens with two attached hydrogens (primary N) is 2. The summed E-state index contributed by atoms with van der Waals surface area (Å²) in [7, 11) is 1.62. The first-order valence-corrected chi connectivity index (χ1v) is 20.1. The molecule has 1 spiro atoms. The Morgan fingerprint density at radius 3 is 2.38 bits per heavy atom. The molecule has 1 saturated carbocycles. The van der Waals surface area contributed by atoms with Crippen molar-refractivity contribution in [3.63, 3.8) is 0 Å². The van der Waals surface area contributed by atoms with E-state index in [-0.39, 0.29) is 41.6 Å². The zero-order chi connectivity index (χ0) is 46.7. The maximum absolute atomic E-state index is 14.4. The molecule has 1 amide bonds. The summed E-state index contributed by atoms with van der Waals surface area (Å²) >= 11 is 0. The molecule has 1 aromatic carbocycles. The predicted octanol–water partition coefficient (Wildman–Crippen LogP) is 8.65. The van der Waals surface area contributed by atoms with Gasteiger partial charge < -0.3 is 16.8 Å². The number of nitrogens with zero attached hydrogens (tertiary/aromatic N) is 7. The van der Waals surface area contributed by atoms with Crippen LogP contribution in [-0.4, -0.2) is 86.4 Å². The second-order valence-electron chi connectivity index (χ2n) is 16.5. The molecule has 2 aromatic heterocycles. The van der Waals surface area contributed by atoms with E-state index >= 15 is 0 Å². The summed E-state index contributed by atoms with van der Waals surface area (Å²) in [6, 6.07) is 8.72. The lowest BCUT2D eigenvalue weighted by molar-refractivity contribution is -0.727. The van der Waals surface area contributed by atoms with Gasteiger partial charge in [-0.2, -0.15) is 40.2 Å². The fraction of sp³-hybridized carbons (Fsp3) is 0.465. The van der Waals surface area contributed by atoms with Gasteiger partial charge in [0, 0.05) is 61.6 Å². The van der Waals surface area contributed by atoms with Crippen LogP contribution in [0.1, 0.15) is 88.7 Å². The van der Waals surface area contributed by atoms with E-state index in [2.05, 4.69) is 25.4 Å². The Hall–Kier alpha value is -5.95. The molecule has 3 aromatic rings. The highest BCUT2D eigenvalue weighted by Gasteiger charge is 2.74. The molecule has 340 valence electrons. The van der Waals surface area contributed by atoms with Gasteiger partial charge in [-0.1, -0.05) is 50.6 Å². The summed E-state index contributed by atoms with van der Waals surface area (Å²) in [5, 5.41) is 7.77. The number of nitroso groups, excluding NO2 is 1. The molecule has 1 saturated heterocycles. The largest absolute Gasteiger partial charge is 0.435 e. The van der Waals surface area contributed by atoms with Crippen molar-refractivity contribution in [3.05, 3.63) is 99.5 Å². The van der Waals surface area contributed by atoms with Gasteiger partial charge in [0.05, 0.1) is 35.1 Å². The number of carbonyl (C=O) groups excluding carboxylic acids is 1. The number of anilines is 1. The van der Waals surface area contributed by atoms with Crippen LogP contribution in [0.4, 0.5) is 40.9 Å². The number of alkyl halides is 8. The fourth-order valence-corrected chi connectivity index (χ4v) is 7.60. The van der Waals surface area contributed by atoms with Crippen molar-refractivity contribution < 1.29 is 44.8 Å². The van der Waals surface area contributed by atoms with Crippen LogP contribution in [0.5, 0.6) is 0 Å². The molecular formula is C43H51F8N10O2+. The number of halogens is 8. The quantitative estimate of drug-likeness (QED) is 0.0427. The number of nitrogen functional groups attached to an aromatic ring is 1. The summed E-state index contributed by atoms with van der Waals surface area (Å²) in [6.45, 7) is 3.71. The van der Waals surface area contributed by atoms with Crippen molar-refractivity contribution >= 4 is 29.7 Å². The summed E-state index contributed by atoms with van der Waals surface area (Å²) < 4.78 is 111. The number of aliphatic imine (C=N–C) groups is 2. The van der Waals surface area contributed by atoms with E-state index in [0.717, 1.165) is 51.7 Å². The molecule has 2 aliphatic rings. The Balaban J connectivity index is 1.44. The van der Waals surface area contributed by atoms with Crippen LogP contribution in [0, 0.1) is 10.8 Å². The van der Waals surface area contributed by atoms with Gasteiger partial charge in [-0.15, -0.1) is 5.01 Å². The van der Waals surface area contributed by atoms with Crippen LogP contribution in [0.3, 0.4) is 0 Å². The molecule has 2 fully saturated rings. The Morgan fingerprint density at radius 1 is 1.11 bits per heavy atom. The minimum absolute atomic E-state index is 0.00751. The van der Waals surface area contributed by atoms with Gasteiger partial charge in [0.25, 0.3) is 5.54 Å². The lowest BCUT2D eigenvalue weighted by atomic mass is 9.99. The van der Waals surface area contributed by atoms with Gasteiger partial charge in [-0.25, -0.2) is 9.98 Å². The van der Waals surface area contributed by atoms with Crippen LogP contribution < -0.4 is 16.8 Å². The van der Waals surface area contributed by atoms with Gasteiger partial charge in [0.1, 0.15) is 10.7 Å². The zero-order valence-corrected chi connectivity index (χ0v) is 35.6. The number of carbonyl (C=O) groups is 1. The minimum atomic E-state index is -4.97. The van der Waals surface area contributed by atoms with Crippen molar-refractivity contribution in [2.45, 2.75) is 109 Å². The number of pyridine rings is 1. The highest BCUT2D eigenvalue weighted by molar-refractivity contribution is 5.88. The average Bonchev–Trinajstić information content (AvgIpc) is 3.65. The van der Waals surface area contributed by atoms with Crippen molar-refractivity contribution in [1.82, 2.24) is 25.1 Å². The third-order valence-electron chi connectivity index (χ3n) is 11.3. The second-order valence-corrected chi connectivity index (χ2v) is 16.5. The molecular weight excluding hydrogens is 841 g/mol. The number of hydrazine groups is 1. The zero-order valence-electron chi connectivity index (χ0n) is 35.6. The molecule has 63 heavy (non-hydrogen) atoms. The molecule has 0 radical (unpaired) electrons. The molecule has 12 nitrogen and oxygen atoms in total. The Morgan fingerprint density at radius 2 is 1.79 bits per heavy atom. The smallest absolute Gasteiger partial charge is 0.404 e. The number of rotatable bonds is 16. The summed E-state index contributed by atoms with van der Waals surface area (Å²) in [6.07, 6.45) is -1.68. The molecule has 5 N–H and O–H groups in total. The average molecular weight is 892 g/mol. The van der Waals surface area contributed by atoms with Crippen LogP contribution in [0.25, 0.3) is 16.7 Å². The number of benzene rings is 1. The molecule has 0 bridgehead atoms. The van der Waals surface area contributed by atoms with Crippen LogP contribution in [0.2, 0.25) is 0 Å². The van der Waals surface area contributed by atoms with Crippen molar-refractivity contribution in [3.8, 4) is 11.1 Å².